The Balaban J connectivity index is 1.62. The number of rotatable bonds is 6. The molecule has 0 spiro atoms. The number of aromatic nitrogens is 1. The maximum Gasteiger partial charge on any atom is 0.338 e. The number of allylic oxidation sites excluding steroid dienone is 1. The van der Waals surface area contributed by atoms with Crippen LogP contribution < -0.4 is 14.9 Å². The summed E-state index contributed by atoms with van der Waals surface area (Å²) >= 11 is 7.31. The Morgan fingerprint density at radius 3 is 2.61 bits per heavy atom. The molecular formula is C28H21ClN2O6S. The van der Waals surface area contributed by atoms with Crippen LogP contribution in [0, 0.1) is 0 Å². The van der Waals surface area contributed by atoms with Gasteiger partial charge in [0.15, 0.2) is 4.80 Å². The van der Waals surface area contributed by atoms with E-state index >= 15 is 0 Å². The first kappa shape index (κ1) is 25.4. The van der Waals surface area contributed by atoms with Crippen molar-refractivity contribution in [1.29, 1.82) is 0 Å². The molecule has 1 N–H and O–H groups in total. The molecule has 0 saturated heterocycles. The van der Waals surface area contributed by atoms with E-state index in [0.29, 0.717) is 44.1 Å². The monoisotopic (exact) mass is 548 g/mol. The number of aromatic carboxylic acids is 1. The van der Waals surface area contributed by atoms with E-state index in [1.165, 1.54) is 35.1 Å². The molecule has 8 nitrogen and oxygen atoms in total. The molecule has 192 valence electrons. The van der Waals surface area contributed by atoms with Crippen LogP contribution in [0.25, 0.3) is 17.4 Å². The third-order valence-electron chi connectivity index (χ3n) is 6.15. The molecule has 0 unspecified atom stereocenters. The molecule has 0 amide bonds. The molecule has 0 aliphatic carbocycles. The smallest absolute Gasteiger partial charge is 0.338 e. The lowest BCUT2D eigenvalue weighted by molar-refractivity contribution is -0.136. The number of fused-ring (bicyclic) bond motifs is 1. The molecule has 1 aliphatic rings. The van der Waals surface area contributed by atoms with Crippen LogP contribution in [0.3, 0.4) is 0 Å². The van der Waals surface area contributed by atoms with E-state index in [-0.39, 0.29) is 16.1 Å². The average molecular weight is 549 g/mol. The zero-order valence-electron chi connectivity index (χ0n) is 20.3. The van der Waals surface area contributed by atoms with Crippen LogP contribution in [0.1, 0.15) is 41.1 Å². The van der Waals surface area contributed by atoms with E-state index in [0.717, 1.165) is 5.56 Å². The number of carbonyl (C=O) groups is 2. The summed E-state index contributed by atoms with van der Waals surface area (Å²) in [6.07, 6.45) is 2.11. The van der Waals surface area contributed by atoms with E-state index < -0.39 is 18.0 Å². The minimum Gasteiger partial charge on any atom is -0.478 e. The van der Waals surface area contributed by atoms with Crippen LogP contribution in [0.5, 0.6) is 0 Å². The highest BCUT2D eigenvalue weighted by atomic mass is 35.5. The number of thiazole rings is 1. The number of furan rings is 1. The molecule has 4 aromatic rings. The minimum atomic E-state index is -1.12. The third-order valence-corrected chi connectivity index (χ3v) is 7.45. The molecule has 0 fully saturated rings. The average Bonchev–Trinajstić information content (AvgIpc) is 3.51. The lowest BCUT2D eigenvalue weighted by Gasteiger charge is -2.25. The maximum atomic E-state index is 13.7. The quantitative estimate of drug-likeness (QED) is 0.357. The number of carbonyl (C=O) groups excluding carboxylic acids is 1. The second-order valence-corrected chi connectivity index (χ2v) is 9.82. The van der Waals surface area contributed by atoms with Gasteiger partial charge in [-0.25, -0.2) is 14.6 Å². The van der Waals surface area contributed by atoms with Gasteiger partial charge in [0.05, 0.1) is 39.5 Å². The van der Waals surface area contributed by atoms with Crippen molar-refractivity contribution in [3.05, 3.63) is 114 Å². The van der Waals surface area contributed by atoms with Crippen molar-refractivity contribution >= 4 is 41.0 Å². The van der Waals surface area contributed by atoms with Gasteiger partial charge in [-0.3, -0.25) is 9.36 Å². The zero-order valence-corrected chi connectivity index (χ0v) is 21.9. The van der Waals surface area contributed by atoms with Crippen molar-refractivity contribution in [3.63, 3.8) is 0 Å². The fraction of sp³-hybridized carbons (Fsp3) is 0.143. The summed E-state index contributed by atoms with van der Waals surface area (Å²) < 4.78 is 12.9. The van der Waals surface area contributed by atoms with Crippen LogP contribution in [-0.2, 0) is 9.53 Å². The summed E-state index contributed by atoms with van der Waals surface area (Å²) in [7, 11) is 1.31. The molecule has 1 aliphatic heterocycles. The van der Waals surface area contributed by atoms with Crippen molar-refractivity contribution in [2.24, 2.45) is 4.99 Å². The van der Waals surface area contributed by atoms with Gasteiger partial charge in [-0.05, 0) is 36.2 Å². The number of nitrogens with zero attached hydrogens (tertiary/aromatic N) is 2. The van der Waals surface area contributed by atoms with Crippen molar-refractivity contribution < 1.29 is 23.8 Å². The van der Waals surface area contributed by atoms with Crippen LogP contribution in [0.15, 0.2) is 86.1 Å². The predicted molar refractivity (Wildman–Crippen MR) is 143 cm³/mol. The van der Waals surface area contributed by atoms with Gasteiger partial charge in [-0.2, -0.15) is 0 Å². The Kier molecular flexibility index (Phi) is 6.88. The fourth-order valence-electron chi connectivity index (χ4n) is 4.37. The van der Waals surface area contributed by atoms with E-state index in [1.807, 2.05) is 37.3 Å². The Morgan fingerprint density at radius 2 is 1.95 bits per heavy atom. The van der Waals surface area contributed by atoms with Crippen molar-refractivity contribution in [2.75, 3.05) is 7.11 Å². The van der Waals surface area contributed by atoms with Crippen LogP contribution >= 0.6 is 22.9 Å². The highest BCUT2D eigenvalue weighted by Crippen LogP contribution is 2.32. The second-order valence-electron chi connectivity index (χ2n) is 8.40. The first-order chi connectivity index (χ1) is 18.3. The first-order valence-electron chi connectivity index (χ1n) is 11.6. The zero-order chi connectivity index (χ0) is 27.0. The summed E-state index contributed by atoms with van der Waals surface area (Å²) in [5.74, 6) is -0.765. The molecule has 2 aromatic carbocycles. The lowest BCUT2D eigenvalue weighted by atomic mass is 9.95. The highest BCUT2D eigenvalue weighted by molar-refractivity contribution is 7.07. The highest BCUT2D eigenvalue weighted by Gasteiger charge is 2.33. The molecule has 2 aromatic heterocycles. The molecular weight excluding hydrogens is 528 g/mol. The molecule has 5 rings (SSSR count). The van der Waals surface area contributed by atoms with E-state index in [4.69, 9.17) is 20.8 Å². The number of hydrogen-bond donors (Lipinski definition) is 1. The molecule has 0 saturated carbocycles. The maximum absolute atomic E-state index is 13.7. The first-order valence-corrected chi connectivity index (χ1v) is 12.8. The van der Waals surface area contributed by atoms with Gasteiger partial charge in [-0.1, -0.05) is 66.3 Å². The summed E-state index contributed by atoms with van der Waals surface area (Å²) in [4.78, 5) is 42.9. The number of ether oxygens (including phenoxy) is 1. The predicted octanol–water partition coefficient (Wildman–Crippen LogP) is 4.41. The minimum absolute atomic E-state index is 0.00551. The number of benzene rings is 2. The van der Waals surface area contributed by atoms with E-state index in [2.05, 4.69) is 4.99 Å². The summed E-state index contributed by atoms with van der Waals surface area (Å²) in [5.41, 5.74) is 1.95. The molecule has 0 bridgehead atoms. The molecule has 0 radical (unpaired) electrons. The topological polar surface area (TPSA) is 111 Å². The summed E-state index contributed by atoms with van der Waals surface area (Å²) in [5, 5.41) is 9.29. The summed E-state index contributed by atoms with van der Waals surface area (Å²) in [6, 6.07) is 16.6. The Labute approximate surface area is 225 Å². The van der Waals surface area contributed by atoms with Crippen LogP contribution in [0.4, 0.5) is 0 Å². The lowest BCUT2D eigenvalue weighted by Crippen LogP contribution is -2.40. The SMILES string of the molecule is CCC1=C(C(=O)OC)[C@@H](c2ccccc2)n2c(s/c(=C\c3ccc(-c4ccc(C(=O)O)c(Cl)c4)o3)c2=O)=N1. The van der Waals surface area contributed by atoms with Crippen molar-refractivity contribution in [2.45, 2.75) is 19.4 Å². The van der Waals surface area contributed by atoms with Crippen LogP contribution in [0.2, 0.25) is 5.02 Å². The van der Waals surface area contributed by atoms with Gasteiger partial charge in [0.2, 0.25) is 0 Å². The number of carboxylic acids is 1. The number of methoxy groups -OCH3 is 1. The number of carboxylic acid groups (broad SMARTS) is 1. The van der Waals surface area contributed by atoms with Gasteiger partial charge in [-0.15, -0.1) is 0 Å². The standard InChI is InChI=1S/C28H21ClN2O6S/c1-3-20-23(27(35)36-2)24(15-7-5-4-6-8-15)31-25(32)22(38-28(31)30-20)14-17-10-12-21(37-17)16-9-11-18(26(33)34)19(29)13-16/h4-14,24H,3H2,1-2H3,(H,33,34)/b22-14-/t24-/m1/s1. The summed E-state index contributed by atoms with van der Waals surface area (Å²) in [6.45, 7) is 1.90. The fourth-order valence-corrected chi connectivity index (χ4v) is 5.63. The molecule has 1 atom stereocenters. The van der Waals surface area contributed by atoms with Gasteiger partial charge in [0.25, 0.3) is 5.56 Å². The van der Waals surface area contributed by atoms with Crippen LogP contribution in [-0.4, -0.2) is 28.7 Å². The number of halogens is 1. The molecule has 3 heterocycles. The molecule has 10 heteroatoms. The third kappa shape index (κ3) is 4.51. The van der Waals surface area contributed by atoms with Gasteiger partial charge >= 0.3 is 11.9 Å². The van der Waals surface area contributed by atoms with Gasteiger partial charge < -0.3 is 14.3 Å². The Hall–Kier alpha value is -4.21. The van der Waals surface area contributed by atoms with Crippen molar-refractivity contribution in [3.8, 4) is 11.3 Å². The normalized spacial score (nSPS) is 15.2. The van der Waals surface area contributed by atoms with E-state index in [9.17, 15) is 19.5 Å². The molecule has 38 heavy (non-hydrogen) atoms. The number of hydrogen-bond acceptors (Lipinski definition) is 7. The van der Waals surface area contributed by atoms with Gasteiger partial charge in [0.1, 0.15) is 11.5 Å². The number of esters is 1. The largest absolute Gasteiger partial charge is 0.478 e. The van der Waals surface area contributed by atoms with Crippen molar-refractivity contribution in [1.82, 2.24) is 4.57 Å². The van der Waals surface area contributed by atoms with E-state index in [1.54, 1.807) is 24.3 Å². The Morgan fingerprint density at radius 1 is 1.18 bits per heavy atom. The van der Waals surface area contributed by atoms with Gasteiger partial charge in [0, 0.05) is 11.6 Å². The Bertz CT molecular complexity index is 1780. The second kappa shape index (κ2) is 10.3.